The number of hydrogen-bond donors (Lipinski definition) is 1. The van der Waals surface area contributed by atoms with Gasteiger partial charge in [-0.2, -0.15) is 0 Å². The zero-order valence-corrected chi connectivity index (χ0v) is 18.5. The largest absolute Gasteiger partial charge is 0.507 e. The van der Waals surface area contributed by atoms with E-state index in [0.717, 1.165) is 0 Å². The Morgan fingerprint density at radius 2 is 1.76 bits per heavy atom. The van der Waals surface area contributed by atoms with E-state index in [-0.39, 0.29) is 17.2 Å². The number of methoxy groups -OCH3 is 3. The van der Waals surface area contributed by atoms with Gasteiger partial charge in [0.15, 0.2) is 17.3 Å². The summed E-state index contributed by atoms with van der Waals surface area (Å²) in [6.07, 6.45) is 0. The number of ketones is 1. The first-order chi connectivity index (χ1) is 15.9. The highest BCUT2D eigenvalue weighted by atomic mass is 16.5. The van der Waals surface area contributed by atoms with E-state index in [1.54, 1.807) is 55.5 Å². The Bertz CT molecular complexity index is 1260. The van der Waals surface area contributed by atoms with Crippen LogP contribution in [0.1, 0.15) is 22.9 Å². The van der Waals surface area contributed by atoms with Crippen LogP contribution in [0, 0.1) is 6.92 Å². The molecular weight excluding hydrogens is 428 g/mol. The second kappa shape index (κ2) is 8.70. The predicted molar refractivity (Wildman–Crippen MR) is 119 cm³/mol. The summed E-state index contributed by atoms with van der Waals surface area (Å²) in [4.78, 5) is 27.5. The van der Waals surface area contributed by atoms with Gasteiger partial charge in [0, 0.05) is 11.6 Å². The summed E-state index contributed by atoms with van der Waals surface area (Å²) in [6.45, 7) is 1.68. The van der Waals surface area contributed by atoms with Crippen molar-refractivity contribution in [2.24, 2.45) is 0 Å². The number of nitrogens with zero attached hydrogens (tertiary/aromatic N) is 2. The van der Waals surface area contributed by atoms with Crippen LogP contribution < -0.4 is 19.1 Å². The molecule has 1 aliphatic heterocycles. The average Bonchev–Trinajstić information content (AvgIpc) is 3.38. The van der Waals surface area contributed by atoms with Crippen LogP contribution in [0.5, 0.6) is 17.2 Å². The quantitative estimate of drug-likeness (QED) is 0.344. The Balaban J connectivity index is 1.96. The van der Waals surface area contributed by atoms with E-state index in [9.17, 15) is 14.7 Å². The molecule has 9 heteroatoms. The van der Waals surface area contributed by atoms with E-state index in [4.69, 9.17) is 18.7 Å². The summed E-state index contributed by atoms with van der Waals surface area (Å²) in [6, 6.07) is 12.1. The van der Waals surface area contributed by atoms with Gasteiger partial charge in [-0.05, 0) is 36.8 Å². The Morgan fingerprint density at radius 1 is 1.00 bits per heavy atom. The van der Waals surface area contributed by atoms with Crippen molar-refractivity contribution in [1.82, 2.24) is 5.16 Å². The molecule has 1 fully saturated rings. The van der Waals surface area contributed by atoms with Crippen LogP contribution in [0.25, 0.3) is 5.76 Å². The first kappa shape index (κ1) is 21.9. The molecule has 170 valence electrons. The highest BCUT2D eigenvalue weighted by Gasteiger charge is 2.48. The minimum Gasteiger partial charge on any atom is -0.507 e. The van der Waals surface area contributed by atoms with Crippen LogP contribution in [0.4, 0.5) is 5.82 Å². The number of ether oxygens (including phenoxy) is 3. The van der Waals surface area contributed by atoms with Gasteiger partial charge in [-0.15, -0.1) is 0 Å². The van der Waals surface area contributed by atoms with Crippen molar-refractivity contribution in [3.05, 3.63) is 71.0 Å². The normalized spacial score (nSPS) is 17.3. The van der Waals surface area contributed by atoms with Gasteiger partial charge in [-0.3, -0.25) is 14.5 Å². The molecule has 4 rings (SSSR count). The first-order valence-corrected chi connectivity index (χ1v) is 10.00. The van der Waals surface area contributed by atoms with Crippen LogP contribution in [0.2, 0.25) is 0 Å². The molecule has 3 aromatic rings. The smallest absolute Gasteiger partial charge is 0.301 e. The summed E-state index contributed by atoms with van der Waals surface area (Å²) in [5.41, 5.74) is 0.743. The molecule has 0 saturated carbocycles. The summed E-state index contributed by atoms with van der Waals surface area (Å²) >= 11 is 0. The number of aryl methyl sites for hydroxylation is 1. The molecule has 1 saturated heterocycles. The van der Waals surface area contributed by atoms with Crippen LogP contribution in [-0.4, -0.2) is 43.3 Å². The van der Waals surface area contributed by atoms with Crippen LogP contribution in [0.15, 0.2) is 58.6 Å². The number of rotatable bonds is 6. The van der Waals surface area contributed by atoms with Gasteiger partial charge < -0.3 is 23.8 Å². The minimum absolute atomic E-state index is 0.0962. The standard InChI is InChI=1S/C24H22N2O7/c1-13-10-19(25-33-13)26-21(14-8-9-17(31-3)18(12-14)32-4)20(23(28)24(26)29)22(27)15-6-5-7-16(11-15)30-2/h5-12,21,27H,1-4H3/b22-20+/t21-/m1/s1. The molecule has 1 amide bonds. The molecule has 0 unspecified atom stereocenters. The minimum atomic E-state index is -0.986. The highest BCUT2D eigenvalue weighted by molar-refractivity contribution is 6.51. The first-order valence-electron chi connectivity index (χ1n) is 10.00. The fraction of sp³-hybridized carbons (Fsp3) is 0.208. The Hall–Kier alpha value is -4.27. The Labute approximate surface area is 189 Å². The van der Waals surface area contributed by atoms with Crippen LogP contribution in [-0.2, 0) is 9.59 Å². The third kappa shape index (κ3) is 3.78. The third-order valence-corrected chi connectivity index (χ3v) is 5.37. The molecule has 9 nitrogen and oxygen atoms in total. The van der Waals surface area contributed by atoms with E-state index in [0.29, 0.717) is 34.1 Å². The molecule has 2 aromatic carbocycles. The fourth-order valence-corrected chi connectivity index (χ4v) is 3.80. The van der Waals surface area contributed by atoms with E-state index in [1.807, 2.05) is 0 Å². The molecule has 0 bridgehead atoms. The van der Waals surface area contributed by atoms with Gasteiger partial charge in [0.2, 0.25) is 0 Å². The maximum atomic E-state index is 13.2. The number of anilines is 1. The summed E-state index contributed by atoms with van der Waals surface area (Å²) in [5.74, 6) is -0.0486. The second-order valence-electron chi connectivity index (χ2n) is 7.31. The topological polar surface area (TPSA) is 111 Å². The zero-order valence-electron chi connectivity index (χ0n) is 18.5. The van der Waals surface area contributed by atoms with Gasteiger partial charge in [-0.1, -0.05) is 23.4 Å². The molecule has 1 N–H and O–H groups in total. The number of aliphatic hydroxyl groups excluding tert-OH is 1. The number of carbonyl (C=O) groups excluding carboxylic acids is 2. The van der Waals surface area contributed by atoms with Crippen molar-refractivity contribution in [2.45, 2.75) is 13.0 Å². The van der Waals surface area contributed by atoms with E-state index < -0.39 is 17.7 Å². The molecule has 1 atom stereocenters. The molecule has 0 aliphatic carbocycles. The fourth-order valence-electron chi connectivity index (χ4n) is 3.80. The number of hydrogen-bond acceptors (Lipinski definition) is 8. The molecule has 1 aromatic heterocycles. The Kier molecular flexibility index (Phi) is 5.78. The maximum absolute atomic E-state index is 13.2. The molecule has 33 heavy (non-hydrogen) atoms. The monoisotopic (exact) mass is 450 g/mol. The maximum Gasteiger partial charge on any atom is 0.301 e. The Morgan fingerprint density at radius 3 is 2.39 bits per heavy atom. The van der Waals surface area contributed by atoms with Crippen molar-refractivity contribution in [3.8, 4) is 17.2 Å². The zero-order chi connectivity index (χ0) is 23.7. The lowest BCUT2D eigenvalue weighted by atomic mass is 9.95. The van der Waals surface area contributed by atoms with Crippen molar-refractivity contribution in [1.29, 1.82) is 0 Å². The van der Waals surface area contributed by atoms with Gasteiger partial charge in [0.05, 0.1) is 32.9 Å². The van der Waals surface area contributed by atoms with Crippen LogP contribution in [0.3, 0.4) is 0 Å². The SMILES string of the molecule is COc1cccc(/C(O)=C2\C(=O)C(=O)N(c3cc(C)on3)[C@@H]2c2ccc(OC)c(OC)c2)c1. The predicted octanol–water partition coefficient (Wildman–Crippen LogP) is 3.64. The number of carbonyl (C=O) groups is 2. The number of aliphatic hydroxyl groups is 1. The molecule has 2 heterocycles. The van der Waals surface area contributed by atoms with Gasteiger partial charge in [0.1, 0.15) is 17.3 Å². The molecule has 0 radical (unpaired) electrons. The van der Waals surface area contributed by atoms with Crippen molar-refractivity contribution < 1.29 is 33.4 Å². The van der Waals surface area contributed by atoms with Crippen LogP contribution >= 0.6 is 0 Å². The van der Waals surface area contributed by atoms with E-state index in [1.165, 1.54) is 26.2 Å². The highest BCUT2D eigenvalue weighted by Crippen LogP contribution is 2.44. The number of aromatic nitrogens is 1. The van der Waals surface area contributed by atoms with E-state index >= 15 is 0 Å². The van der Waals surface area contributed by atoms with Crippen molar-refractivity contribution in [2.75, 3.05) is 26.2 Å². The number of amides is 1. The lowest BCUT2D eigenvalue weighted by Gasteiger charge is -2.23. The van der Waals surface area contributed by atoms with Gasteiger partial charge in [-0.25, -0.2) is 0 Å². The number of benzene rings is 2. The lowest BCUT2D eigenvalue weighted by molar-refractivity contribution is -0.132. The van der Waals surface area contributed by atoms with Crippen molar-refractivity contribution >= 4 is 23.3 Å². The molecule has 0 spiro atoms. The van der Waals surface area contributed by atoms with Gasteiger partial charge >= 0.3 is 5.91 Å². The summed E-state index contributed by atoms with van der Waals surface area (Å²) in [5, 5.41) is 15.1. The third-order valence-electron chi connectivity index (χ3n) is 5.37. The molecule has 1 aliphatic rings. The van der Waals surface area contributed by atoms with Crippen molar-refractivity contribution in [3.63, 3.8) is 0 Å². The lowest BCUT2D eigenvalue weighted by Crippen LogP contribution is -2.29. The average molecular weight is 450 g/mol. The van der Waals surface area contributed by atoms with E-state index in [2.05, 4.69) is 5.16 Å². The number of Topliss-reactive ketones (excluding diaryl/α,β-unsaturated/α-hetero) is 1. The summed E-state index contributed by atoms with van der Waals surface area (Å²) < 4.78 is 21.1. The van der Waals surface area contributed by atoms with Gasteiger partial charge in [0.25, 0.3) is 5.78 Å². The summed E-state index contributed by atoms with van der Waals surface area (Å²) in [7, 11) is 4.48. The second-order valence-corrected chi connectivity index (χ2v) is 7.31. The molecular formula is C24H22N2O7.